The Morgan fingerprint density at radius 1 is 1.58 bits per heavy atom. The number of rotatable bonds is 3. The molecule has 1 amide bonds. The van der Waals surface area contributed by atoms with Gasteiger partial charge in [-0.25, -0.2) is 4.79 Å². The van der Waals surface area contributed by atoms with Crippen molar-refractivity contribution < 1.29 is 19.4 Å². The monoisotopic (exact) mass is 327 g/mol. The number of carbonyl (C=O) groups is 2. The summed E-state index contributed by atoms with van der Waals surface area (Å²) in [5.74, 6) is -0.953. The number of amides is 1. The summed E-state index contributed by atoms with van der Waals surface area (Å²) in [6, 6.07) is 5.63. The van der Waals surface area contributed by atoms with Gasteiger partial charge in [0.2, 0.25) is 0 Å². The normalized spacial score (nSPS) is 19.2. The SMILES string of the molecule is Cc1cc(Br)ccc1N1CCC(CC(=O)O)OC1=O. The number of cyclic esters (lactones) is 1. The largest absolute Gasteiger partial charge is 0.481 e. The molecule has 0 spiro atoms. The molecule has 1 unspecified atom stereocenters. The first-order chi connectivity index (χ1) is 8.97. The van der Waals surface area contributed by atoms with Crippen LogP contribution in [0.4, 0.5) is 10.5 Å². The number of carbonyl (C=O) groups excluding carboxylic acids is 1. The molecule has 0 aliphatic carbocycles. The third kappa shape index (κ3) is 3.26. The molecule has 5 nitrogen and oxygen atoms in total. The lowest BCUT2D eigenvalue weighted by molar-refractivity contribution is -0.139. The van der Waals surface area contributed by atoms with Gasteiger partial charge in [0.25, 0.3) is 0 Å². The van der Waals surface area contributed by atoms with E-state index in [2.05, 4.69) is 15.9 Å². The van der Waals surface area contributed by atoms with Crippen LogP contribution >= 0.6 is 15.9 Å². The highest BCUT2D eigenvalue weighted by Gasteiger charge is 2.30. The molecule has 1 aliphatic rings. The van der Waals surface area contributed by atoms with Crippen LogP contribution in [0.25, 0.3) is 0 Å². The first-order valence-corrected chi connectivity index (χ1v) is 6.73. The van der Waals surface area contributed by atoms with Gasteiger partial charge in [-0.3, -0.25) is 9.69 Å². The molecular weight excluding hydrogens is 314 g/mol. The van der Waals surface area contributed by atoms with Gasteiger partial charge >= 0.3 is 12.1 Å². The van der Waals surface area contributed by atoms with E-state index in [4.69, 9.17) is 9.84 Å². The number of aliphatic carboxylic acids is 1. The molecule has 6 heteroatoms. The first-order valence-electron chi connectivity index (χ1n) is 5.93. The van der Waals surface area contributed by atoms with E-state index in [1.807, 2.05) is 25.1 Å². The van der Waals surface area contributed by atoms with E-state index < -0.39 is 18.2 Å². The van der Waals surface area contributed by atoms with Gasteiger partial charge in [0.05, 0.1) is 12.1 Å². The lowest BCUT2D eigenvalue weighted by Crippen LogP contribution is -2.43. The average Bonchev–Trinajstić information content (AvgIpc) is 2.30. The third-order valence-electron chi connectivity index (χ3n) is 3.01. The van der Waals surface area contributed by atoms with Gasteiger partial charge in [0.1, 0.15) is 6.10 Å². The van der Waals surface area contributed by atoms with E-state index in [0.717, 1.165) is 15.7 Å². The van der Waals surface area contributed by atoms with Crippen LogP contribution in [0.2, 0.25) is 0 Å². The second-order valence-corrected chi connectivity index (χ2v) is 5.39. The van der Waals surface area contributed by atoms with E-state index in [1.165, 1.54) is 0 Å². The number of carboxylic acid groups (broad SMARTS) is 1. The minimum atomic E-state index is -0.953. The summed E-state index contributed by atoms with van der Waals surface area (Å²) in [5.41, 5.74) is 1.75. The van der Waals surface area contributed by atoms with Gasteiger partial charge in [-0.2, -0.15) is 0 Å². The number of halogens is 1. The lowest BCUT2D eigenvalue weighted by atomic mass is 10.1. The van der Waals surface area contributed by atoms with Crippen molar-refractivity contribution in [2.45, 2.75) is 25.9 Å². The summed E-state index contributed by atoms with van der Waals surface area (Å²) >= 11 is 3.37. The second-order valence-electron chi connectivity index (χ2n) is 4.47. The van der Waals surface area contributed by atoms with Gasteiger partial charge in [-0.15, -0.1) is 0 Å². The van der Waals surface area contributed by atoms with Crippen LogP contribution in [0, 0.1) is 6.92 Å². The van der Waals surface area contributed by atoms with Gasteiger partial charge < -0.3 is 9.84 Å². The van der Waals surface area contributed by atoms with E-state index in [0.29, 0.717) is 13.0 Å². The van der Waals surface area contributed by atoms with E-state index in [1.54, 1.807) is 4.90 Å². The van der Waals surface area contributed by atoms with Crippen LogP contribution in [0.1, 0.15) is 18.4 Å². The summed E-state index contributed by atoms with van der Waals surface area (Å²) in [4.78, 5) is 24.1. The Kier molecular flexibility index (Phi) is 4.09. The molecule has 1 aromatic carbocycles. The Labute approximate surface area is 119 Å². The number of anilines is 1. The Balaban J connectivity index is 2.11. The van der Waals surface area contributed by atoms with E-state index >= 15 is 0 Å². The third-order valence-corrected chi connectivity index (χ3v) is 3.51. The summed E-state index contributed by atoms with van der Waals surface area (Å²) in [6.45, 7) is 2.38. The zero-order valence-electron chi connectivity index (χ0n) is 10.4. The van der Waals surface area contributed by atoms with Crippen molar-refractivity contribution in [2.24, 2.45) is 0 Å². The number of carboxylic acids is 1. The minimum absolute atomic E-state index is 0.140. The number of ether oxygens (including phenoxy) is 1. The predicted molar refractivity (Wildman–Crippen MR) is 73.4 cm³/mol. The number of nitrogens with zero attached hydrogens (tertiary/aromatic N) is 1. The van der Waals surface area contributed by atoms with Crippen LogP contribution in [-0.4, -0.2) is 29.8 Å². The highest BCUT2D eigenvalue weighted by Crippen LogP contribution is 2.27. The molecule has 1 aromatic rings. The molecule has 1 aliphatic heterocycles. The minimum Gasteiger partial charge on any atom is -0.481 e. The molecule has 1 atom stereocenters. The Hall–Kier alpha value is -1.56. The maximum Gasteiger partial charge on any atom is 0.414 e. The Bertz CT molecular complexity index is 517. The molecule has 1 heterocycles. The lowest BCUT2D eigenvalue weighted by Gasteiger charge is -2.32. The topological polar surface area (TPSA) is 66.8 Å². The fourth-order valence-corrected chi connectivity index (χ4v) is 2.58. The fourth-order valence-electron chi connectivity index (χ4n) is 2.11. The summed E-state index contributed by atoms with van der Waals surface area (Å²) in [6.07, 6.45) is -0.633. The second kappa shape index (κ2) is 5.61. The number of hydrogen-bond donors (Lipinski definition) is 1. The summed E-state index contributed by atoms with van der Waals surface area (Å²) < 4.78 is 6.09. The van der Waals surface area contributed by atoms with Crippen molar-refractivity contribution in [2.75, 3.05) is 11.4 Å². The van der Waals surface area contributed by atoms with E-state index in [9.17, 15) is 9.59 Å². The molecule has 0 bridgehead atoms. The molecule has 0 saturated carbocycles. The van der Waals surface area contributed by atoms with Crippen LogP contribution in [0.3, 0.4) is 0 Å². The number of aryl methyl sites for hydroxylation is 1. The predicted octanol–water partition coefficient (Wildman–Crippen LogP) is 2.95. The Morgan fingerprint density at radius 3 is 2.89 bits per heavy atom. The van der Waals surface area contributed by atoms with Crippen LogP contribution in [0.5, 0.6) is 0 Å². The van der Waals surface area contributed by atoms with Crippen molar-refractivity contribution in [1.82, 2.24) is 0 Å². The van der Waals surface area contributed by atoms with Crippen molar-refractivity contribution in [3.05, 3.63) is 28.2 Å². The summed E-state index contributed by atoms with van der Waals surface area (Å²) in [7, 11) is 0. The standard InChI is InChI=1S/C13H14BrNO4/c1-8-6-9(14)2-3-11(8)15-5-4-10(7-12(16)17)19-13(15)18/h2-3,6,10H,4-5,7H2,1H3,(H,16,17). The summed E-state index contributed by atoms with van der Waals surface area (Å²) in [5, 5.41) is 8.70. The molecule has 0 radical (unpaired) electrons. The highest BCUT2D eigenvalue weighted by atomic mass is 79.9. The van der Waals surface area contributed by atoms with Crippen molar-refractivity contribution in [3.63, 3.8) is 0 Å². The maximum absolute atomic E-state index is 11.9. The zero-order valence-corrected chi connectivity index (χ0v) is 12.0. The van der Waals surface area contributed by atoms with E-state index in [-0.39, 0.29) is 6.42 Å². The van der Waals surface area contributed by atoms with Crippen LogP contribution in [-0.2, 0) is 9.53 Å². The molecule has 0 aromatic heterocycles. The van der Waals surface area contributed by atoms with Crippen LogP contribution < -0.4 is 4.90 Å². The van der Waals surface area contributed by atoms with Gasteiger partial charge in [-0.05, 0) is 30.7 Å². The molecule has 19 heavy (non-hydrogen) atoms. The molecule has 1 fully saturated rings. The highest BCUT2D eigenvalue weighted by molar-refractivity contribution is 9.10. The van der Waals surface area contributed by atoms with Gasteiger partial charge in [-0.1, -0.05) is 15.9 Å². The Morgan fingerprint density at radius 2 is 2.32 bits per heavy atom. The molecular formula is C13H14BrNO4. The fraction of sp³-hybridized carbons (Fsp3) is 0.385. The maximum atomic E-state index is 11.9. The molecule has 1 N–H and O–H groups in total. The number of benzene rings is 1. The smallest absolute Gasteiger partial charge is 0.414 e. The molecule has 102 valence electrons. The zero-order chi connectivity index (χ0) is 14.0. The van der Waals surface area contributed by atoms with Crippen molar-refractivity contribution in [3.8, 4) is 0 Å². The molecule has 2 rings (SSSR count). The molecule has 1 saturated heterocycles. The van der Waals surface area contributed by atoms with Crippen molar-refractivity contribution in [1.29, 1.82) is 0 Å². The van der Waals surface area contributed by atoms with Gasteiger partial charge in [0.15, 0.2) is 0 Å². The number of hydrogen-bond acceptors (Lipinski definition) is 3. The average molecular weight is 328 g/mol. The van der Waals surface area contributed by atoms with Crippen molar-refractivity contribution >= 4 is 33.7 Å². The quantitative estimate of drug-likeness (QED) is 0.926. The first kappa shape index (κ1) is 13.9. The van der Waals surface area contributed by atoms with Gasteiger partial charge in [0, 0.05) is 17.4 Å². The van der Waals surface area contributed by atoms with Crippen LogP contribution in [0.15, 0.2) is 22.7 Å².